The quantitative estimate of drug-likeness (QED) is 0.890. The van der Waals surface area contributed by atoms with E-state index in [1.165, 1.54) is 22.7 Å². The number of nitrogens with one attached hydrogen (secondary N) is 1. The molecule has 2 amide bonds. The van der Waals surface area contributed by atoms with Crippen molar-refractivity contribution in [2.24, 2.45) is 5.92 Å². The number of nitrogens with zero attached hydrogens (tertiary/aromatic N) is 2. The molecule has 0 saturated heterocycles. The van der Waals surface area contributed by atoms with Crippen molar-refractivity contribution in [1.29, 1.82) is 0 Å². The molecule has 2 aromatic rings. The first-order valence-electron chi connectivity index (χ1n) is 6.74. The van der Waals surface area contributed by atoms with E-state index in [2.05, 4.69) is 10.3 Å². The highest BCUT2D eigenvalue weighted by Gasteiger charge is 2.28. The highest BCUT2D eigenvalue weighted by atomic mass is 32.1. The summed E-state index contributed by atoms with van der Waals surface area (Å²) in [5.74, 6) is 0.281. The van der Waals surface area contributed by atoms with E-state index in [1.54, 1.807) is 22.5 Å². The van der Waals surface area contributed by atoms with Gasteiger partial charge in [0.1, 0.15) is 6.54 Å². The molecular formula is C14H15N3O2S2. The zero-order valence-corrected chi connectivity index (χ0v) is 13.0. The van der Waals surface area contributed by atoms with Crippen LogP contribution in [0.15, 0.2) is 29.1 Å². The SMILES string of the molecule is O=C(CN(CC1CC1)C(=O)c1cccs1)Nc1nccs1. The van der Waals surface area contributed by atoms with Gasteiger partial charge in [-0.05, 0) is 30.2 Å². The van der Waals surface area contributed by atoms with Crippen molar-refractivity contribution in [2.45, 2.75) is 12.8 Å². The van der Waals surface area contributed by atoms with E-state index in [1.807, 2.05) is 11.4 Å². The van der Waals surface area contributed by atoms with E-state index in [0.29, 0.717) is 22.5 Å². The topological polar surface area (TPSA) is 62.3 Å². The number of carbonyl (C=O) groups is 2. The lowest BCUT2D eigenvalue weighted by Gasteiger charge is -2.21. The minimum Gasteiger partial charge on any atom is -0.328 e. The summed E-state index contributed by atoms with van der Waals surface area (Å²) in [7, 11) is 0. The van der Waals surface area contributed by atoms with E-state index < -0.39 is 0 Å². The number of rotatable bonds is 6. The molecule has 0 radical (unpaired) electrons. The Balaban J connectivity index is 1.64. The molecule has 1 fully saturated rings. The molecule has 7 heteroatoms. The zero-order valence-electron chi connectivity index (χ0n) is 11.3. The van der Waals surface area contributed by atoms with Gasteiger partial charge in [0.25, 0.3) is 5.91 Å². The Morgan fingerprint density at radius 2 is 2.19 bits per heavy atom. The smallest absolute Gasteiger partial charge is 0.264 e. The third-order valence-corrected chi connectivity index (χ3v) is 4.75. The normalized spacial score (nSPS) is 13.9. The van der Waals surface area contributed by atoms with Crippen molar-refractivity contribution in [1.82, 2.24) is 9.88 Å². The van der Waals surface area contributed by atoms with Crippen LogP contribution in [-0.2, 0) is 4.79 Å². The standard InChI is InChI=1S/C14H15N3O2S2/c18-12(16-14-15-5-7-21-14)9-17(8-10-3-4-10)13(19)11-2-1-6-20-11/h1-2,5-7,10H,3-4,8-9H2,(H,15,16,18). The van der Waals surface area contributed by atoms with Gasteiger partial charge >= 0.3 is 0 Å². The summed E-state index contributed by atoms with van der Waals surface area (Å²) in [6, 6.07) is 3.65. The molecule has 2 aromatic heterocycles. The lowest BCUT2D eigenvalue weighted by Crippen LogP contribution is -2.39. The summed E-state index contributed by atoms with van der Waals surface area (Å²) in [5.41, 5.74) is 0. The maximum atomic E-state index is 12.5. The molecule has 0 spiro atoms. The van der Waals surface area contributed by atoms with Crippen molar-refractivity contribution in [3.8, 4) is 0 Å². The first-order valence-corrected chi connectivity index (χ1v) is 8.50. The van der Waals surface area contributed by atoms with Crippen molar-refractivity contribution < 1.29 is 9.59 Å². The largest absolute Gasteiger partial charge is 0.328 e. The van der Waals surface area contributed by atoms with Crippen LogP contribution in [0.5, 0.6) is 0 Å². The van der Waals surface area contributed by atoms with Crippen molar-refractivity contribution in [3.63, 3.8) is 0 Å². The Bertz CT molecular complexity index is 606. The second kappa shape index (κ2) is 6.36. The van der Waals surface area contributed by atoms with Gasteiger partial charge in [0, 0.05) is 18.1 Å². The van der Waals surface area contributed by atoms with Gasteiger partial charge in [0.2, 0.25) is 5.91 Å². The van der Waals surface area contributed by atoms with Crippen LogP contribution < -0.4 is 5.32 Å². The average Bonchev–Trinajstić information content (AvgIpc) is 2.96. The molecular weight excluding hydrogens is 306 g/mol. The average molecular weight is 321 g/mol. The summed E-state index contributed by atoms with van der Waals surface area (Å²) in [6.07, 6.45) is 3.92. The molecule has 1 saturated carbocycles. The van der Waals surface area contributed by atoms with E-state index in [4.69, 9.17) is 0 Å². The Kier molecular flexibility index (Phi) is 4.31. The number of thiazole rings is 1. The molecule has 1 N–H and O–H groups in total. The first-order chi connectivity index (χ1) is 10.2. The first kappa shape index (κ1) is 14.2. The van der Waals surface area contributed by atoms with Gasteiger partial charge in [0.15, 0.2) is 5.13 Å². The molecule has 0 aliphatic heterocycles. The Labute approximate surface area is 130 Å². The molecule has 0 unspecified atom stereocenters. The lowest BCUT2D eigenvalue weighted by atomic mass is 10.3. The third-order valence-electron chi connectivity index (χ3n) is 3.21. The van der Waals surface area contributed by atoms with Crippen molar-refractivity contribution in [3.05, 3.63) is 34.0 Å². The molecule has 1 aliphatic rings. The third kappa shape index (κ3) is 3.89. The Hall–Kier alpha value is -1.73. The summed E-state index contributed by atoms with van der Waals surface area (Å²) in [5, 5.41) is 6.96. The Morgan fingerprint density at radius 1 is 1.33 bits per heavy atom. The fourth-order valence-electron chi connectivity index (χ4n) is 2.00. The minimum atomic E-state index is -0.199. The van der Waals surface area contributed by atoms with Crippen LogP contribution in [0.4, 0.5) is 5.13 Å². The fraction of sp³-hybridized carbons (Fsp3) is 0.357. The second-order valence-corrected chi connectivity index (χ2v) is 6.83. The van der Waals surface area contributed by atoms with Gasteiger partial charge in [-0.15, -0.1) is 22.7 Å². The monoisotopic (exact) mass is 321 g/mol. The fourth-order valence-corrected chi connectivity index (χ4v) is 3.24. The van der Waals surface area contributed by atoms with Gasteiger partial charge < -0.3 is 10.2 Å². The minimum absolute atomic E-state index is 0.0637. The van der Waals surface area contributed by atoms with Gasteiger partial charge in [-0.3, -0.25) is 9.59 Å². The number of hydrogen-bond acceptors (Lipinski definition) is 5. The highest BCUT2D eigenvalue weighted by Crippen LogP contribution is 2.30. The van der Waals surface area contributed by atoms with Gasteiger partial charge in [-0.2, -0.15) is 0 Å². The highest BCUT2D eigenvalue weighted by molar-refractivity contribution is 7.13. The van der Waals surface area contributed by atoms with E-state index in [0.717, 1.165) is 12.8 Å². The van der Waals surface area contributed by atoms with Gasteiger partial charge in [0.05, 0.1) is 4.88 Å². The summed E-state index contributed by atoms with van der Waals surface area (Å²) >= 11 is 2.77. The summed E-state index contributed by atoms with van der Waals surface area (Å²) in [4.78, 5) is 30.9. The van der Waals surface area contributed by atoms with E-state index in [-0.39, 0.29) is 18.4 Å². The summed E-state index contributed by atoms with van der Waals surface area (Å²) < 4.78 is 0. The van der Waals surface area contributed by atoms with E-state index >= 15 is 0 Å². The molecule has 0 atom stereocenters. The van der Waals surface area contributed by atoms with E-state index in [9.17, 15) is 9.59 Å². The number of aromatic nitrogens is 1. The summed E-state index contributed by atoms with van der Waals surface area (Å²) in [6.45, 7) is 0.731. The Morgan fingerprint density at radius 3 is 2.81 bits per heavy atom. The van der Waals surface area contributed by atoms with Crippen LogP contribution in [0, 0.1) is 5.92 Å². The molecule has 21 heavy (non-hydrogen) atoms. The maximum Gasteiger partial charge on any atom is 0.264 e. The zero-order chi connectivity index (χ0) is 14.7. The molecule has 1 aliphatic carbocycles. The predicted octanol–water partition coefficient (Wildman–Crippen LogP) is 2.70. The number of thiophene rings is 1. The molecule has 5 nitrogen and oxygen atoms in total. The predicted molar refractivity (Wildman–Crippen MR) is 83.7 cm³/mol. The van der Waals surface area contributed by atoms with Crippen molar-refractivity contribution in [2.75, 3.05) is 18.4 Å². The van der Waals surface area contributed by atoms with Gasteiger partial charge in [-0.1, -0.05) is 6.07 Å². The molecule has 0 bridgehead atoms. The number of anilines is 1. The second-order valence-electron chi connectivity index (χ2n) is 4.99. The maximum absolute atomic E-state index is 12.5. The van der Waals surface area contributed by atoms with Crippen LogP contribution in [0.25, 0.3) is 0 Å². The molecule has 3 rings (SSSR count). The van der Waals surface area contributed by atoms with Gasteiger partial charge in [-0.25, -0.2) is 4.98 Å². The molecule has 0 aromatic carbocycles. The van der Waals surface area contributed by atoms with Crippen LogP contribution in [0.2, 0.25) is 0 Å². The number of carbonyl (C=O) groups excluding carboxylic acids is 2. The van der Waals surface area contributed by atoms with Crippen LogP contribution in [-0.4, -0.2) is 34.8 Å². The van der Waals surface area contributed by atoms with Crippen LogP contribution >= 0.6 is 22.7 Å². The van der Waals surface area contributed by atoms with Crippen molar-refractivity contribution >= 4 is 39.6 Å². The van der Waals surface area contributed by atoms with Crippen LogP contribution in [0.3, 0.4) is 0 Å². The van der Waals surface area contributed by atoms with Crippen LogP contribution in [0.1, 0.15) is 22.5 Å². The molecule has 2 heterocycles. The lowest BCUT2D eigenvalue weighted by molar-refractivity contribution is -0.116. The number of hydrogen-bond donors (Lipinski definition) is 1. The number of amides is 2. The molecule has 110 valence electrons.